The van der Waals surface area contributed by atoms with Crippen molar-refractivity contribution in [2.45, 2.75) is 0 Å². The zero-order chi connectivity index (χ0) is 11.4. The molecule has 0 unspecified atom stereocenters. The molecule has 0 aliphatic rings. The lowest BCUT2D eigenvalue weighted by Gasteiger charge is -2.05. The standard InChI is InChI=1S/C11H10BrN3O/c1-13-10-3-2-4-11(15-10)16-9-5-8(12)6-14-7-9/h2-7H,1H3,(H,13,15). The summed E-state index contributed by atoms with van der Waals surface area (Å²) in [5.41, 5.74) is 0. The maximum atomic E-state index is 5.56. The fourth-order valence-electron chi connectivity index (χ4n) is 1.18. The zero-order valence-electron chi connectivity index (χ0n) is 8.64. The number of halogens is 1. The Morgan fingerprint density at radius 1 is 1.31 bits per heavy atom. The van der Waals surface area contributed by atoms with Gasteiger partial charge in [0.15, 0.2) is 0 Å². The first kappa shape index (κ1) is 10.9. The zero-order valence-corrected chi connectivity index (χ0v) is 10.2. The van der Waals surface area contributed by atoms with Crippen molar-refractivity contribution < 1.29 is 4.74 Å². The molecule has 0 spiro atoms. The molecule has 0 amide bonds. The Hall–Kier alpha value is -1.62. The van der Waals surface area contributed by atoms with E-state index in [1.165, 1.54) is 0 Å². The first-order valence-corrected chi connectivity index (χ1v) is 5.50. The number of aromatic nitrogens is 2. The van der Waals surface area contributed by atoms with Gasteiger partial charge in [-0.2, -0.15) is 4.98 Å². The summed E-state index contributed by atoms with van der Waals surface area (Å²) in [5.74, 6) is 1.95. The summed E-state index contributed by atoms with van der Waals surface area (Å²) in [6.45, 7) is 0. The van der Waals surface area contributed by atoms with Gasteiger partial charge < -0.3 is 10.1 Å². The average Bonchev–Trinajstić information content (AvgIpc) is 2.29. The van der Waals surface area contributed by atoms with Gasteiger partial charge in [0.25, 0.3) is 0 Å². The molecule has 0 aliphatic carbocycles. The van der Waals surface area contributed by atoms with Gasteiger partial charge in [-0.25, -0.2) is 0 Å². The van der Waals surface area contributed by atoms with Crippen LogP contribution >= 0.6 is 15.9 Å². The number of nitrogens with one attached hydrogen (secondary N) is 1. The van der Waals surface area contributed by atoms with E-state index in [9.17, 15) is 0 Å². The van der Waals surface area contributed by atoms with E-state index in [-0.39, 0.29) is 0 Å². The SMILES string of the molecule is CNc1cccc(Oc2cncc(Br)c2)n1. The fourth-order valence-corrected chi connectivity index (χ4v) is 1.52. The summed E-state index contributed by atoms with van der Waals surface area (Å²) in [6, 6.07) is 7.37. The molecule has 16 heavy (non-hydrogen) atoms. The Bertz CT molecular complexity index is 490. The van der Waals surface area contributed by atoms with Gasteiger partial charge in [0.2, 0.25) is 5.88 Å². The van der Waals surface area contributed by atoms with Gasteiger partial charge in [0, 0.05) is 23.8 Å². The molecule has 1 N–H and O–H groups in total. The molecule has 0 saturated heterocycles. The number of rotatable bonds is 3. The van der Waals surface area contributed by atoms with Gasteiger partial charge in [-0.1, -0.05) is 6.07 Å². The normalized spacial score (nSPS) is 9.88. The summed E-state index contributed by atoms with van der Waals surface area (Å²) in [5, 5.41) is 2.95. The number of hydrogen-bond acceptors (Lipinski definition) is 4. The maximum Gasteiger partial charge on any atom is 0.221 e. The van der Waals surface area contributed by atoms with Crippen LogP contribution in [-0.4, -0.2) is 17.0 Å². The van der Waals surface area contributed by atoms with Crippen molar-refractivity contribution in [1.82, 2.24) is 9.97 Å². The molecule has 0 radical (unpaired) electrons. The van der Waals surface area contributed by atoms with Crippen LogP contribution in [0.4, 0.5) is 5.82 Å². The quantitative estimate of drug-likeness (QED) is 0.938. The topological polar surface area (TPSA) is 47.0 Å². The Balaban J connectivity index is 2.20. The highest BCUT2D eigenvalue weighted by molar-refractivity contribution is 9.10. The van der Waals surface area contributed by atoms with E-state index in [1.54, 1.807) is 18.5 Å². The third-order valence-corrected chi connectivity index (χ3v) is 2.32. The lowest BCUT2D eigenvalue weighted by atomic mass is 10.4. The molecule has 2 aromatic rings. The number of pyridine rings is 2. The van der Waals surface area contributed by atoms with Gasteiger partial charge in [0.05, 0.1) is 6.20 Å². The van der Waals surface area contributed by atoms with E-state index in [0.29, 0.717) is 11.6 Å². The van der Waals surface area contributed by atoms with Crippen molar-refractivity contribution in [3.05, 3.63) is 41.1 Å². The first-order valence-electron chi connectivity index (χ1n) is 4.71. The summed E-state index contributed by atoms with van der Waals surface area (Å²) >= 11 is 3.33. The summed E-state index contributed by atoms with van der Waals surface area (Å²) in [4.78, 5) is 8.25. The Kier molecular flexibility index (Phi) is 3.36. The number of anilines is 1. The molecular weight excluding hydrogens is 270 g/mol. The third-order valence-electron chi connectivity index (χ3n) is 1.88. The highest BCUT2D eigenvalue weighted by Crippen LogP contribution is 2.22. The van der Waals surface area contributed by atoms with Crippen LogP contribution < -0.4 is 10.1 Å². The van der Waals surface area contributed by atoms with E-state index in [1.807, 2.05) is 25.2 Å². The van der Waals surface area contributed by atoms with Crippen LogP contribution in [0.5, 0.6) is 11.6 Å². The fraction of sp³-hybridized carbons (Fsp3) is 0.0909. The molecule has 0 bridgehead atoms. The predicted octanol–water partition coefficient (Wildman–Crippen LogP) is 3.07. The molecule has 0 aliphatic heterocycles. The molecule has 0 aromatic carbocycles. The number of nitrogens with zero attached hydrogens (tertiary/aromatic N) is 2. The van der Waals surface area contributed by atoms with Crippen LogP contribution in [0.1, 0.15) is 0 Å². The van der Waals surface area contributed by atoms with Crippen molar-refractivity contribution >= 4 is 21.7 Å². The molecule has 4 nitrogen and oxygen atoms in total. The Morgan fingerprint density at radius 3 is 2.94 bits per heavy atom. The molecule has 2 aromatic heterocycles. The van der Waals surface area contributed by atoms with E-state index in [0.717, 1.165) is 10.3 Å². The Labute approximate surface area is 102 Å². The number of hydrogen-bond donors (Lipinski definition) is 1. The number of ether oxygens (including phenoxy) is 1. The second-order valence-corrected chi connectivity index (χ2v) is 3.97. The molecule has 5 heteroatoms. The molecule has 82 valence electrons. The summed E-state index contributed by atoms with van der Waals surface area (Å²) in [6.07, 6.45) is 3.34. The predicted molar refractivity (Wildman–Crippen MR) is 65.8 cm³/mol. The van der Waals surface area contributed by atoms with Crippen LogP contribution in [0.3, 0.4) is 0 Å². The van der Waals surface area contributed by atoms with Gasteiger partial charge in [0.1, 0.15) is 11.6 Å². The van der Waals surface area contributed by atoms with Crippen molar-refractivity contribution in [3.8, 4) is 11.6 Å². The van der Waals surface area contributed by atoms with E-state index < -0.39 is 0 Å². The van der Waals surface area contributed by atoms with Gasteiger partial charge in [-0.15, -0.1) is 0 Å². The smallest absolute Gasteiger partial charge is 0.221 e. The molecule has 0 atom stereocenters. The van der Waals surface area contributed by atoms with Crippen LogP contribution in [-0.2, 0) is 0 Å². The van der Waals surface area contributed by atoms with Crippen molar-refractivity contribution in [2.75, 3.05) is 12.4 Å². The summed E-state index contributed by atoms with van der Waals surface area (Å²) < 4.78 is 6.43. The lowest BCUT2D eigenvalue weighted by molar-refractivity contribution is 0.461. The van der Waals surface area contributed by atoms with Gasteiger partial charge in [-0.3, -0.25) is 4.98 Å². The van der Waals surface area contributed by atoms with Gasteiger partial charge in [-0.05, 0) is 28.1 Å². The van der Waals surface area contributed by atoms with Crippen molar-refractivity contribution in [2.24, 2.45) is 0 Å². The van der Waals surface area contributed by atoms with E-state index in [4.69, 9.17) is 4.74 Å². The molecule has 2 heterocycles. The molecular formula is C11H10BrN3O. The maximum absolute atomic E-state index is 5.56. The van der Waals surface area contributed by atoms with Crippen LogP contribution in [0, 0.1) is 0 Å². The average molecular weight is 280 g/mol. The minimum Gasteiger partial charge on any atom is -0.437 e. The largest absolute Gasteiger partial charge is 0.437 e. The lowest BCUT2D eigenvalue weighted by Crippen LogP contribution is -1.94. The monoisotopic (exact) mass is 279 g/mol. The molecule has 2 rings (SSSR count). The van der Waals surface area contributed by atoms with Crippen LogP contribution in [0.15, 0.2) is 41.1 Å². The highest BCUT2D eigenvalue weighted by atomic mass is 79.9. The van der Waals surface area contributed by atoms with Crippen molar-refractivity contribution in [3.63, 3.8) is 0 Å². The van der Waals surface area contributed by atoms with Crippen LogP contribution in [0.25, 0.3) is 0 Å². The van der Waals surface area contributed by atoms with Gasteiger partial charge >= 0.3 is 0 Å². The minimum atomic E-state index is 0.534. The van der Waals surface area contributed by atoms with E-state index >= 15 is 0 Å². The molecule has 0 fully saturated rings. The molecule has 0 saturated carbocycles. The second-order valence-electron chi connectivity index (χ2n) is 3.05. The first-order chi connectivity index (χ1) is 7.78. The highest BCUT2D eigenvalue weighted by Gasteiger charge is 2.00. The third kappa shape index (κ3) is 2.70. The minimum absolute atomic E-state index is 0.534. The van der Waals surface area contributed by atoms with Crippen molar-refractivity contribution in [1.29, 1.82) is 0 Å². The second kappa shape index (κ2) is 4.94. The van der Waals surface area contributed by atoms with E-state index in [2.05, 4.69) is 31.2 Å². The van der Waals surface area contributed by atoms with Crippen LogP contribution in [0.2, 0.25) is 0 Å². The Morgan fingerprint density at radius 2 is 2.19 bits per heavy atom. The summed E-state index contributed by atoms with van der Waals surface area (Å²) in [7, 11) is 1.81.